The minimum Gasteiger partial charge on any atom is -0.481 e. The molecule has 0 unspecified atom stereocenters. The van der Waals surface area contributed by atoms with Crippen LogP contribution in [-0.2, 0) is 9.59 Å². The normalized spacial score (nSPS) is 25.7. The van der Waals surface area contributed by atoms with Crippen molar-refractivity contribution in [3.05, 3.63) is 12.2 Å². The number of carbonyl (C=O) groups is 2. The number of carbonyl (C=O) groups excluding carboxylic acids is 1. The van der Waals surface area contributed by atoms with E-state index in [0.717, 1.165) is 44.9 Å². The van der Waals surface area contributed by atoms with E-state index in [1.54, 1.807) is 0 Å². The van der Waals surface area contributed by atoms with Crippen LogP contribution in [-0.4, -0.2) is 38.8 Å². The zero-order valence-electron chi connectivity index (χ0n) is 16.3. The van der Waals surface area contributed by atoms with Crippen molar-refractivity contribution in [1.82, 2.24) is 0 Å². The molecule has 0 heterocycles. The number of unbranched alkanes of at least 4 members (excludes halogenated alkanes) is 4. The summed E-state index contributed by atoms with van der Waals surface area (Å²) in [6.07, 6.45) is 11.0. The average Bonchev–Trinajstić information content (AvgIpc) is 2.82. The van der Waals surface area contributed by atoms with Crippen LogP contribution in [0, 0.1) is 11.8 Å². The van der Waals surface area contributed by atoms with Crippen LogP contribution in [0.2, 0.25) is 0 Å². The lowest BCUT2D eigenvalue weighted by Crippen LogP contribution is -2.23. The van der Waals surface area contributed by atoms with E-state index in [2.05, 4.69) is 6.92 Å². The number of aliphatic hydroxyl groups excluding tert-OH is 1. The van der Waals surface area contributed by atoms with E-state index in [1.807, 2.05) is 19.1 Å². The molecule has 0 spiro atoms. The Morgan fingerprint density at radius 2 is 1.92 bits per heavy atom. The van der Waals surface area contributed by atoms with E-state index < -0.39 is 17.7 Å². The highest BCUT2D eigenvalue weighted by molar-refractivity contribution is 5.84. The summed E-state index contributed by atoms with van der Waals surface area (Å²) in [5, 5.41) is 29.2. The largest absolute Gasteiger partial charge is 0.481 e. The lowest BCUT2D eigenvalue weighted by Gasteiger charge is -2.22. The van der Waals surface area contributed by atoms with Crippen LogP contribution in [0.5, 0.6) is 0 Å². The summed E-state index contributed by atoms with van der Waals surface area (Å²) in [6, 6.07) is 0. The monoisotopic (exact) mass is 368 g/mol. The summed E-state index contributed by atoms with van der Waals surface area (Å²) in [6.45, 7) is 3.93. The number of aliphatic carboxylic acids is 1. The fourth-order valence-corrected chi connectivity index (χ4v) is 3.72. The van der Waals surface area contributed by atoms with Crippen LogP contribution < -0.4 is 0 Å². The second-order valence-corrected chi connectivity index (χ2v) is 8.00. The fourth-order valence-electron chi connectivity index (χ4n) is 3.72. The third kappa shape index (κ3) is 8.45. The molecular formula is C21H36O5. The van der Waals surface area contributed by atoms with Gasteiger partial charge >= 0.3 is 5.97 Å². The second kappa shape index (κ2) is 11.5. The SMILES string of the molecule is CCCC[C@](C)(O)C/C=C/[C@H]1[C@H](O)CC(=O)[C@@H]1CCCCCCC(=O)O. The Hall–Kier alpha value is -1.20. The number of hydrogen-bond donors (Lipinski definition) is 3. The van der Waals surface area contributed by atoms with Gasteiger partial charge in [0.05, 0.1) is 11.7 Å². The summed E-state index contributed by atoms with van der Waals surface area (Å²) in [4.78, 5) is 22.7. The van der Waals surface area contributed by atoms with Gasteiger partial charge in [0.1, 0.15) is 5.78 Å². The van der Waals surface area contributed by atoms with E-state index in [4.69, 9.17) is 5.11 Å². The highest BCUT2D eigenvalue weighted by atomic mass is 16.4. The fraction of sp³-hybridized carbons (Fsp3) is 0.810. The third-order valence-electron chi connectivity index (χ3n) is 5.37. The summed E-state index contributed by atoms with van der Waals surface area (Å²) < 4.78 is 0. The minimum atomic E-state index is -0.765. The molecule has 5 heteroatoms. The summed E-state index contributed by atoms with van der Waals surface area (Å²) in [5.41, 5.74) is -0.736. The Balaban J connectivity index is 2.44. The molecule has 0 amide bonds. The summed E-state index contributed by atoms with van der Waals surface area (Å²) in [7, 11) is 0. The lowest BCUT2D eigenvalue weighted by molar-refractivity contribution is -0.137. The van der Waals surface area contributed by atoms with Crippen LogP contribution in [0.1, 0.15) is 84.5 Å². The van der Waals surface area contributed by atoms with Crippen LogP contribution in [0.4, 0.5) is 0 Å². The minimum absolute atomic E-state index is 0.121. The molecule has 4 atom stereocenters. The Morgan fingerprint density at radius 3 is 2.58 bits per heavy atom. The molecule has 1 aliphatic carbocycles. The molecule has 0 aliphatic heterocycles. The van der Waals surface area contributed by atoms with Crippen molar-refractivity contribution in [2.45, 2.75) is 96.2 Å². The maximum atomic E-state index is 12.2. The molecule has 1 rings (SSSR count). The molecule has 0 radical (unpaired) electrons. The van der Waals surface area contributed by atoms with Gasteiger partial charge in [0, 0.05) is 24.7 Å². The van der Waals surface area contributed by atoms with Gasteiger partial charge in [-0.3, -0.25) is 9.59 Å². The van der Waals surface area contributed by atoms with Crippen LogP contribution in [0.3, 0.4) is 0 Å². The van der Waals surface area contributed by atoms with Gasteiger partial charge in [0.2, 0.25) is 0 Å². The third-order valence-corrected chi connectivity index (χ3v) is 5.37. The quantitative estimate of drug-likeness (QED) is 0.339. The number of ketones is 1. The highest BCUT2D eigenvalue weighted by Gasteiger charge is 2.39. The maximum absolute atomic E-state index is 12.2. The molecule has 150 valence electrons. The molecule has 1 saturated carbocycles. The first kappa shape index (κ1) is 22.8. The van der Waals surface area contributed by atoms with E-state index in [1.165, 1.54) is 0 Å². The van der Waals surface area contributed by atoms with Gasteiger partial charge in [-0.25, -0.2) is 0 Å². The maximum Gasteiger partial charge on any atom is 0.303 e. The van der Waals surface area contributed by atoms with E-state index in [0.29, 0.717) is 12.8 Å². The van der Waals surface area contributed by atoms with Crippen molar-refractivity contribution < 1.29 is 24.9 Å². The highest BCUT2D eigenvalue weighted by Crippen LogP contribution is 2.34. The van der Waals surface area contributed by atoms with Gasteiger partial charge < -0.3 is 15.3 Å². The zero-order chi connectivity index (χ0) is 19.6. The molecule has 0 saturated heterocycles. The molecule has 0 aromatic carbocycles. The van der Waals surface area contributed by atoms with Crippen molar-refractivity contribution in [3.8, 4) is 0 Å². The molecule has 0 bridgehead atoms. The van der Waals surface area contributed by atoms with Crippen molar-refractivity contribution in [1.29, 1.82) is 0 Å². The first-order valence-electron chi connectivity index (χ1n) is 10.1. The van der Waals surface area contributed by atoms with Crippen molar-refractivity contribution in [3.63, 3.8) is 0 Å². The molecule has 0 aromatic rings. The number of carboxylic acid groups (broad SMARTS) is 1. The van der Waals surface area contributed by atoms with E-state index >= 15 is 0 Å². The van der Waals surface area contributed by atoms with E-state index in [9.17, 15) is 19.8 Å². The number of aliphatic hydroxyl groups is 2. The van der Waals surface area contributed by atoms with E-state index in [-0.39, 0.29) is 30.5 Å². The molecular weight excluding hydrogens is 332 g/mol. The van der Waals surface area contributed by atoms with Gasteiger partial charge in [0.15, 0.2) is 0 Å². The van der Waals surface area contributed by atoms with Gasteiger partial charge in [-0.15, -0.1) is 0 Å². The summed E-state index contributed by atoms with van der Waals surface area (Å²) >= 11 is 0. The Bertz CT molecular complexity index is 469. The van der Waals surface area contributed by atoms with Crippen molar-refractivity contribution in [2.75, 3.05) is 0 Å². The topological polar surface area (TPSA) is 94.8 Å². The molecule has 26 heavy (non-hydrogen) atoms. The Kier molecular flexibility index (Phi) is 10.1. The Labute approximate surface area is 157 Å². The molecule has 5 nitrogen and oxygen atoms in total. The van der Waals surface area contributed by atoms with Crippen LogP contribution in [0.25, 0.3) is 0 Å². The number of rotatable bonds is 13. The first-order valence-corrected chi connectivity index (χ1v) is 10.1. The number of carboxylic acids is 1. The van der Waals surface area contributed by atoms with Crippen molar-refractivity contribution >= 4 is 11.8 Å². The zero-order valence-corrected chi connectivity index (χ0v) is 16.3. The second-order valence-electron chi connectivity index (χ2n) is 8.00. The number of Topliss-reactive ketones (excluding diaryl/α,β-unsaturated/α-hetero) is 1. The molecule has 3 N–H and O–H groups in total. The van der Waals surface area contributed by atoms with Crippen LogP contribution >= 0.6 is 0 Å². The molecule has 0 aromatic heterocycles. The predicted molar refractivity (Wildman–Crippen MR) is 102 cm³/mol. The average molecular weight is 369 g/mol. The van der Waals surface area contributed by atoms with Gasteiger partial charge in [-0.1, -0.05) is 51.2 Å². The molecule has 1 fully saturated rings. The lowest BCUT2D eigenvalue weighted by atomic mass is 9.87. The summed E-state index contributed by atoms with van der Waals surface area (Å²) in [5.74, 6) is -0.959. The first-order chi connectivity index (χ1) is 12.3. The van der Waals surface area contributed by atoms with Gasteiger partial charge in [0.25, 0.3) is 0 Å². The Morgan fingerprint density at radius 1 is 1.23 bits per heavy atom. The number of hydrogen-bond acceptors (Lipinski definition) is 4. The molecule has 1 aliphatic rings. The van der Waals surface area contributed by atoms with Gasteiger partial charge in [-0.05, 0) is 32.6 Å². The standard InChI is InChI=1S/C21H36O5/c1-3-4-13-21(2,26)14-9-11-17-16(18(22)15-19(17)23)10-7-5-6-8-12-20(24)25/h9,11,16-17,19,23,26H,3-8,10,12-15H2,1-2H3,(H,24,25)/b11-9+/t16-,17-,19-,21+/m1/s1. The smallest absolute Gasteiger partial charge is 0.303 e. The van der Waals surface area contributed by atoms with Gasteiger partial charge in [-0.2, -0.15) is 0 Å². The van der Waals surface area contributed by atoms with Crippen LogP contribution in [0.15, 0.2) is 12.2 Å². The predicted octanol–water partition coefficient (Wildman–Crippen LogP) is 3.87. The van der Waals surface area contributed by atoms with Crippen molar-refractivity contribution in [2.24, 2.45) is 11.8 Å².